The molecule has 1 aliphatic heterocycles. The summed E-state index contributed by atoms with van der Waals surface area (Å²) in [5, 5.41) is 0. The summed E-state index contributed by atoms with van der Waals surface area (Å²) >= 11 is 0. The average molecular weight is 437 g/mol. The highest BCUT2D eigenvalue weighted by Gasteiger charge is 2.25. The Morgan fingerprint density at radius 2 is 1.84 bits per heavy atom. The van der Waals surface area contributed by atoms with Crippen LogP contribution >= 0.6 is 0 Å². The maximum Gasteiger partial charge on any atom is 0.420 e. The van der Waals surface area contributed by atoms with Crippen molar-refractivity contribution in [2.75, 3.05) is 13.6 Å². The van der Waals surface area contributed by atoms with Gasteiger partial charge in [0.05, 0.1) is 5.52 Å². The molecule has 1 saturated heterocycles. The molecule has 3 atom stereocenters. The number of carbonyl (C=O) groups excluding carboxylic acids is 1. The number of fused-ring (bicyclic) bond motifs is 1. The smallest absolute Gasteiger partial charge is 0.408 e. The van der Waals surface area contributed by atoms with Gasteiger partial charge in [-0.15, -0.1) is 0 Å². The van der Waals surface area contributed by atoms with Crippen molar-refractivity contribution in [2.24, 2.45) is 0 Å². The van der Waals surface area contributed by atoms with E-state index in [1.807, 2.05) is 18.2 Å². The van der Waals surface area contributed by atoms with Crippen molar-refractivity contribution in [3.05, 3.63) is 70.7 Å². The number of unbranched alkanes of at least 4 members (excludes halogenated alkanes) is 2. The molecule has 2 aromatic carbocycles. The molecule has 3 aromatic rings. The molecule has 2 heterocycles. The second-order valence-electron chi connectivity index (χ2n) is 8.68. The van der Waals surface area contributed by atoms with Crippen LogP contribution in [-0.4, -0.2) is 35.0 Å². The van der Waals surface area contributed by atoms with Gasteiger partial charge in [-0.2, -0.15) is 0 Å². The van der Waals surface area contributed by atoms with Crippen LogP contribution in [0.5, 0.6) is 0 Å². The molecule has 170 valence electrons. The molecule has 1 aliphatic rings. The molecule has 0 aliphatic carbocycles. The number of para-hydroxylation sites is 2. The van der Waals surface area contributed by atoms with E-state index in [4.69, 9.17) is 4.42 Å². The van der Waals surface area contributed by atoms with Gasteiger partial charge < -0.3 is 9.32 Å². The number of amides is 1. The lowest BCUT2D eigenvalue weighted by molar-refractivity contribution is -0.133. The van der Waals surface area contributed by atoms with Gasteiger partial charge in [0.1, 0.15) is 6.04 Å². The third-order valence-corrected chi connectivity index (χ3v) is 6.37. The quantitative estimate of drug-likeness (QED) is 0.499. The van der Waals surface area contributed by atoms with E-state index in [1.54, 1.807) is 31.0 Å². The molecule has 1 amide bonds. The van der Waals surface area contributed by atoms with E-state index in [-0.39, 0.29) is 5.91 Å². The van der Waals surface area contributed by atoms with Gasteiger partial charge in [-0.25, -0.2) is 4.79 Å². The summed E-state index contributed by atoms with van der Waals surface area (Å²) in [6, 6.07) is 18.0. The Morgan fingerprint density at radius 3 is 2.66 bits per heavy atom. The Bertz CT molecular complexity index is 1090. The molecule has 1 aromatic heterocycles. The molecule has 4 rings (SSSR count). The number of benzene rings is 2. The van der Waals surface area contributed by atoms with Crippen LogP contribution in [0.4, 0.5) is 0 Å². The molecule has 7 nitrogen and oxygen atoms in total. The normalized spacial score (nSPS) is 19.3. The van der Waals surface area contributed by atoms with Gasteiger partial charge in [-0.1, -0.05) is 55.3 Å². The second kappa shape index (κ2) is 10.1. The van der Waals surface area contributed by atoms with Crippen molar-refractivity contribution in [2.45, 2.75) is 57.2 Å². The first kappa shape index (κ1) is 22.3. The van der Waals surface area contributed by atoms with Crippen molar-refractivity contribution in [3.8, 4) is 0 Å². The minimum absolute atomic E-state index is 0.0778. The minimum atomic E-state index is -0.597. The van der Waals surface area contributed by atoms with Gasteiger partial charge in [-0.3, -0.25) is 20.2 Å². The fraction of sp³-hybridized carbons (Fsp3) is 0.440. The standard InChI is InChI=1S/C25H32N4O3/c1-18(29-22-14-8-9-15-23(22)32-25(29)31)24(30)28(2)16-10-4-7-13-20-17-21(27-26-20)19-11-5-3-6-12-19/h3,5-6,8-9,11-12,14-15,18,20-21,26-27H,4,7,10,13,16-17H2,1-2H3. The number of rotatable bonds is 9. The van der Waals surface area contributed by atoms with Gasteiger partial charge in [0.2, 0.25) is 5.91 Å². The maximum absolute atomic E-state index is 12.9. The third kappa shape index (κ3) is 4.95. The fourth-order valence-corrected chi connectivity index (χ4v) is 4.52. The van der Waals surface area contributed by atoms with Crippen molar-refractivity contribution >= 4 is 17.0 Å². The Labute approximate surface area is 188 Å². The highest BCUT2D eigenvalue weighted by molar-refractivity contribution is 5.82. The van der Waals surface area contributed by atoms with Gasteiger partial charge in [0, 0.05) is 25.7 Å². The average Bonchev–Trinajstić information content (AvgIpc) is 3.42. The molecule has 7 heteroatoms. The number of nitrogens with one attached hydrogen (secondary N) is 2. The van der Waals surface area contributed by atoms with Crippen molar-refractivity contribution in [1.29, 1.82) is 0 Å². The summed E-state index contributed by atoms with van der Waals surface area (Å²) in [5.74, 6) is -0.571. The molecular formula is C25H32N4O3. The third-order valence-electron chi connectivity index (χ3n) is 6.37. The molecule has 0 saturated carbocycles. The van der Waals surface area contributed by atoms with Crippen LogP contribution in [0, 0.1) is 0 Å². The molecule has 0 spiro atoms. The summed E-state index contributed by atoms with van der Waals surface area (Å²) in [4.78, 5) is 26.9. The summed E-state index contributed by atoms with van der Waals surface area (Å²) in [6.07, 6.45) is 5.32. The van der Waals surface area contributed by atoms with Gasteiger partial charge in [0.25, 0.3) is 0 Å². The minimum Gasteiger partial charge on any atom is -0.408 e. The van der Waals surface area contributed by atoms with Crippen LogP contribution < -0.4 is 16.6 Å². The fourth-order valence-electron chi connectivity index (χ4n) is 4.52. The monoisotopic (exact) mass is 436 g/mol. The molecule has 32 heavy (non-hydrogen) atoms. The number of likely N-dealkylation sites (N-methyl/N-ethyl adjacent to an activating group) is 1. The first-order valence-corrected chi connectivity index (χ1v) is 11.5. The topological polar surface area (TPSA) is 79.5 Å². The zero-order chi connectivity index (χ0) is 22.5. The number of carbonyl (C=O) groups is 1. The van der Waals surface area contributed by atoms with E-state index in [0.29, 0.717) is 29.7 Å². The molecule has 3 unspecified atom stereocenters. The first-order valence-electron chi connectivity index (χ1n) is 11.5. The van der Waals surface area contributed by atoms with Crippen LogP contribution in [0.25, 0.3) is 11.1 Å². The maximum atomic E-state index is 12.9. The number of hydrogen-bond donors (Lipinski definition) is 2. The second-order valence-corrected chi connectivity index (χ2v) is 8.68. The zero-order valence-corrected chi connectivity index (χ0v) is 18.8. The Kier molecular flexibility index (Phi) is 7.07. The van der Waals surface area contributed by atoms with Crippen LogP contribution in [-0.2, 0) is 4.79 Å². The molecule has 0 radical (unpaired) electrons. The van der Waals surface area contributed by atoms with Gasteiger partial charge in [0.15, 0.2) is 5.58 Å². The zero-order valence-electron chi connectivity index (χ0n) is 18.8. The van der Waals surface area contributed by atoms with E-state index >= 15 is 0 Å². The molecule has 2 N–H and O–H groups in total. The van der Waals surface area contributed by atoms with E-state index in [1.165, 1.54) is 10.1 Å². The van der Waals surface area contributed by atoms with E-state index in [2.05, 4.69) is 35.1 Å². The molecular weight excluding hydrogens is 404 g/mol. The predicted molar refractivity (Wildman–Crippen MR) is 125 cm³/mol. The van der Waals surface area contributed by atoms with Crippen molar-refractivity contribution < 1.29 is 9.21 Å². The molecule has 0 bridgehead atoms. The van der Waals surface area contributed by atoms with E-state index < -0.39 is 11.8 Å². The van der Waals surface area contributed by atoms with Crippen LogP contribution in [0.1, 0.15) is 56.7 Å². The Morgan fingerprint density at radius 1 is 1.09 bits per heavy atom. The lowest BCUT2D eigenvalue weighted by atomic mass is 9.99. The van der Waals surface area contributed by atoms with Crippen LogP contribution in [0.3, 0.4) is 0 Å². The highest BCUT2D eigenvalue weighted by Crippen LogP contribution is 2.24. The van der Waals surface area contributed by atoms with Gasteiger partial charge >= 0.3 is 5.76 Å². The number of aromatic nitrogens is 1. The van der Waals surface area contributed by atoms with Crippen molar-refractivity contribution in [3.63, 3.8) is 0 Å². The lowest BCUT2D eigenvalue weighted by Gasteiger charge is -2.22. The Balaban J connectivity index is 1.20. The first-order chi connectivity index (χ1) is 15.5. The van der Waals surface area contributed by atoms with Crippen LogP contribution in [0.2, 0.25) is 0 Å². The summed E-state index contributed by atoms with van der Waals surface area (Å²) in [7, 11) is 1.80. The van der Waals surface area contributed by atoms with E-state index in [0.717, 1.165) is 32.1 Å². The number of nitrogens with zero attached hydrogens (tertiary/aromatic N) is 2. The summed E-state index contributed by atoms with van der Waals surface area (Å²) in [6.45, 7) is 2.43. The summed E-state index contributed by atoms with van der Waals surface area (Å²) < 4.78 is 6.71. The number of hydrazine groups is 1. The summed E-state index contributed by atoms with van der Waals surface area (Å²) in [5.41, 5.74) is 9.30. The number of hydrogen-bond acceptors (Lipinski definition) is 5. The molecule has 1 fully saturated rings. The van der Waals surface area contributed by atoms with Gasteiger partial charge in [-0.05, 0) is 43.9 Å². The van der Waals surface area contributed by atoms with Crippen LogP contribution in [0.15, 0.2) is 63.8 Å². The Hall–Kier alpha value is -2.90. The SMILES string of the molecule is CC(C(=O)N(C)CCCCCC1CC(c2ccccc2)NN1)n1c(=O)oc2ccccc21. The largest absolute Gasteiger partial charge is 0.420 e. The van der Waals surface area contributed by atoms with E-state index in [9.17, 15) is 9.59 Å². The van der Waals surface area contributed by atoms with Crippen molar-refractivity contribution in [1.82, 2.24) is 20.3 Å². The predicted octanol–water partition coefficient (Wildman–Crippen LogP) is 3.78. The number of oxazole rings is 1. The highest BCUT2D eigenvalue weighted by atomic mass is 16.4. The lowest BCUT2D eigenvalue weighted by Crippen LogP contribution is -2.36.